The first-order valence-corrected chi connectivity index (χ1v) is 8.14. The number of anilines is 2. The lowest BCUT2D eigenvalue weighted by Gasteiger charge is -2.36. The van der Waals surface area contributed by atoms with Crippen LogP contribution in [0.1, 0.15) is 30.5 Å². The Bertz CT molecular complexity index is 678. The second kappa shape index (κ2) is 7.11. The summed E-state index contributed by atoms with van der Waals surface area (Å²) in [4.78, 5) is 17.2. The summed E-state index contributed by atoms with van der Waals surface area (Å²) in [6.07, 6.45) is 0.0647. The number of hydrogen-bond acceptors (Lipinski definition) is 7. The van der Waals surface area contributed by atoms with Gasteiger partial charge < -0.3 is 15.4 Å². The van der Waals surface area contributed by atoms with Gasteiger partial charge in [0.1, 0.15) is 0 Å². The van der Waals surface area contributed by atoms with Crippen molar-refractivity contribution in [3.8, 4) is 0 Å². The highest BCUT2D eigenvalue weighted by Gasteiger charge is 2.27. The predicted octanol–water partition coefficient (Wildman–Crippen LogP) is 1.65. The van der Waals surface area contributed by atoms with E-state index in [1.165, 1.54) is 5.56 Å². The monoisotopic (exact) mass is 328 g/mol. The number of nitrogens with zero attached hydrogens (tertiary/aromatic N) is 5. The number of rotatable bonds is 4. The molecular weight excluding hydrogens is 304 g/mol. The maximum absolute atomic E-state index is 5.94. The van der Waals surface area contributed by atoms with Crippen molar-refractivity contribution in [1.82, 2.24) is 19.9 Å². The highest BCUT2D eigenvalue weighted by atomic mass is 16.5. The molecule has 0 radical (unpaired) electrons. The molecule has 24 heavy (non-hydrogen) atoms. The third-order valence-corrected chi connectivity index (χ3v) is 4.25. The molecule has 0 aliphatic carbocycles. The highest BCUT2D eigenvalue weighted by Crippen LogP contribution is 2.27. The summed E-state index contributed by atoms with van der Waals surface area (Å²) in [5.41, 5.74) is 7.04. The van der Waals surface area contributed by atoms with Gasteiger partial charge in [0.2, 0.25) is 11.9 Å². The molecule has 0 bridgehead atoms. The Balaban J connectivity index is 1.78. The molecule has 2 atom stereocenters. The number of nitrogens with two attached hydrogens (primary N) is 1. The zero-order chi connectivity index (χ0) is 17.1. The Hall–Kier alpha value is -2.25. The smallest absolute Gasteiger partial charge is 0.229 e. The lowest BCUT2D eigenvalue weighted by Crippen LogP contribution is -2.40. The lowest BCUT2D eigenvalue weighted by molar-refractivity contribution is -0.0442. The Morgan fingerprint density at radius 2 is 1.96 bits per heavy atom. The lowest BCUT2D eigenvalue weighted by atomic mass is 10.1. The molecule has 1 aromatic heterocycles. The van der Waals surface area contributed by atoms with Gasteiger partial charge in [-0.2, -0.15) is 15.0 Å². The van der Waals surface area contributed by atoms with Crippen LogP contribution in [0.4, 0.5) is 11.9 Å². The molecule has 3 rings (SSSR count). The molecule has 2 N–H and O–H groups in total. The summed E-state index contributed by atoms with van der Waals surface area (Å²) >= 11 is 0. The molecule has 2 heterocycles. The number of hydrogen-bond donors (Lipinski definition) is 1. The van der Waals surface area contributed by atoms with Gasteiger partial charge in [-0.05, 0) is 12.5 Å². The number of benzene rings is 1. The van der Waals surface area contributed by atoms with Gasteiger partial charge in [0.25, 0.3) is 0 Å². The standard InChI is InChI=1S/C17H24N6O/c1-12(15-19-16(18)21-17(20-15)22(2)3)23-9-10-24-14(11-23)13-7-5-4-6-8-13/h4-8,12,14H,9-11H2,1-3H3,(H2,18,19,20,21)/t12-,14+/m0/s1. The Labute approximate surface area is 142 Å². The van der Waals surface area contributed by atoms with Crippen LogP contribution in [-0.4, -0.2) is 53.6 Å². The van der Waals surface area contributed by atoms with Crippen molar-refractivity contribution >= 4 is 11.9 Å². The van der Waals surface area contributed by atoms with Gasteiger partial charge in [0.15, 0.2) is 5.82 Å². The van der Waals surface area contributed by atoms with Crippen molar-refractivity contribution in [3.63, 3.8) is 0 Å². The Kier molecular flexibility index (Phi) is 4.92. The SMILES string of the molecule is C[C@@H](c1nc(N)nc(N(C)C)n1)N1CCO[C@@H](c2ccccc2)C1. The zero-order valence-electron chi connectivity index (χ0n) is 14.4. The number of nitrogen functional groups attached to an aromatic ring is 1. The fraction of sp³-hybridized carbons (Fsp3) is 0.471. The second-order valence-electron chi connectivity index (χ2n) is 6.19. The average Bonchev–Trinajstić information content (AvgIpc) is 2.61. The normalized spacial score (nSPS) is 19.9. The first-order chi connectivity index (χ1) is 11.5. The van der Waals surface area contributed by atoms with E-state index in [2.05, 4.69) is 38.9 Å². The summed E-state index contributed by atoms with van der Waals surface area (Å²) < 4.78 is 5.94. The van der Waals surface area contributed by atoms with Crippen molar-refractivity contribution < 1.29 is 4.74 Å². The van der Waals surface area contributed by atoms with E-state index in [1.807, 2.05) is 37.2 Å². The van der Waals surface area contributed by atoms with E-state index < -0.39 is 0 Å². The largest absolute Gasteiger partial charge is 0.371 e. The van der Waals surface area contributed by atoms with Crippen molar-refractivity contribution in [2.45, 2.75) is 19.1 Å². The van der Waals surface area contributed by atoms with E-state index in [4.69, 9.17) is 10.5 Å². The van der Waals surface area contributed by atoms with Crippen LogP contribution in [0.3, 0.4) is 0 Å². The Morgan fingerprint density at radius 3 is 2.67 bits per heavy atom. The van der Waals surface area contributed by atoms with E-state index in [9.17, 15) is 0 Å². The molecule has 1 aromatic carbocycles. The zero-order valence-corrected chi connectivity index (χ0v) is 14.4. The second-order valence-corrected chi connectivity index (χ2v) is 6.19. The van der Waals surface area contributed by atoms with Crippen molar-refractivity contribution in [2.24, 2.45) is 0 Å². The highest BCUT2D eigenvalue weighted by molar-refractivity contribution is 5.33. The van der Waals surface area contributed by atoms with Crippen LogP contribution in [-0.2, 0) is 4.74 Å². The van der Waals surface area contributed by atoms with Crippen molar-refractivity contribution in [3.05, 3.63) is 41.7 Å². The van der Waals surface area contributed by atoms with Gasteiger partial charge in [0, 0.05) is 27.2 Å². The van der Waals surface area contributed by atoms with Crippen LogP contribution in [0.5, 0.6) is 0 Å². The average molecular weight is 328 g/mol. The molecular formula is C17H24N6O. The number of morpholine rings is 1. The first-order valence-electron chi connectivity index (χ1n) is 8.14. The molecule has 0 amide bonds. The van der Waals surface area contributed by atoms with E-state index in [1.54, 1.807) is 0 Å². The van der Waals surface area contributed by atoms with E-state index in [0.29, 0.717) is 18.4 Å². The molecule has 7 heteroatoms. The number of aromatic nitrogens is 3. The topological polar surface area (TPSA) is 80.4 Å². The first kappa shape index (κ1) is 16.6. The molecule has 1 aliphatic heterocycles. The maximum Gasteiger partial charge on any atom is 0.229 e. The predicted molar refractivity (Wildman–Crippen MR) is 93.7 cm³/mol. The van der Waals surface area contributed by atoms with Crippen LogP contribution >= 0.6 is 0 Å². The quantitative estimate of drug-likeness (QED) is 0.914. The fourth-order valence-electron chi connectivity index (χ4n) is 2.84. The fourth-order valence-corrected chi connectivity index (χ4v) is 2.84. The molecule has 2 aromatic rings. The molecule has 1 fully saturated rings. The summed E-state index contributed by atoms with van der Waals surface area (Å²) in [6, 6.07) is 10.3. The van der Waals surface area contributed by atoms with Gasteiger partial charge in [0.05, 0.1) is 18.8 Å². The minimum atomic E-state index is 0.0455. The van der Waals surface area contributed by atoms with Gasteiger partial charge in [-0.25, -0.2) is 0 Å². The van der Waals surface area contributed by atoms with Gasteiger partial charge in [-0.1, -0.05) is 30.3 Å². The van der Waals surface area contributed by atoms with E-state index in [-0.39, 0.29) is 18.1 Å². The number of ether oxygens (including phenoxy) is 1. The van der Waals surface area contributed by atoms with Gasteiger partial charge in [-0.3, -0.25) is 4.90 Å². The van der Waals surface area contributed by atoms with Crippen LogP contribution in [0, 0.1) is 0 Å². The third-order valence-electron chi connectivity index (χ3n) is 4.25. The molecule has 1 saturated heterocycles. The summed E-state index contributed by atoms with van der Waals surface area (Å²) in [5, 5.41) is 0. The van der Waals surface area contributed by atoms with Crippen molar-refractivity contribution in [1.29, 1.82) is 0 Å². The molecule has 0 unspecified atom stereocenters. The van der Waals surface area contributed by atoms with Crippen LogP contribution < -0.4 is 10.6 Å². The molecule has 1 aliphatic rings. The molecule has 128 valence electrons. The Morgan fingerprint density at radius 1 is 1.21 bits per heavy atom. The van der Waals surface area contributed by atoms with Gasteiger partial charge >= 0.3 is 0 Å². The minimum absolute atomic E-state index is 0.0455. The summed E-state index contributed by atoms with van der Waals surface area (Å²) in [6.45, 7) is 4.42. The summed E-state index contributed by atoms with van der Waals surface area (Å²) in [5.74, 6) is 1.53. The third kappa shape index (κ3) is 3.63. The van der Waals surface area contributed by atoms with E-state index in [0.717, 1.165) is 13.1 Å². The maximum atomic E-state index is 5.94. The van der Waals surface area contributed by atoms with Crippen LogP contribution in [0.15, 0.2) is 30.3 Å². The molecule has 0 saturated carbocycles. The summed E-state index contributed by atoms with van der Waals surface area (Å²) in [7, 11) is 3.78. The van der Waals surface area contributed by atoms with Crippen LogP contribution in [0.25, 0.3) is 0 Å². The van der Waals surface area contributed by atoms with Crippen LogP contribution in [0.2, 0.25) is 0 Å². The molecule has 7 nitrogen and oxygen atoms in total. The molecule has 0 spiro atoms. The van der Waals surface area contributed by atoms with E-state index >= 15 is 0 Å². The minimum Gasteiger partial charge on any atom is -0.371 e. The van der Waals surface area contributed by atoms with Gasteiger partial charge in [-0.15, -0.1) is 0 Å². The van der Waals surface area contributed by atoms with Crippen molar-refractivity contribution in [2.75, 3.05) is 44.4 Å².